The first-order valence-corrected chi connectivity index (χ1v) is 10.5. The largest absolute Gasteiger partial charge is 0.480 e. The van der Waals surface area contributed by atoms with E-state index in [4.69, 9.17) is 11.6 Å². The monoisotopic (exact) mass is 469 g/mol. The molecule has 0 aliphatic rings. The molecule has 33 heavy (non-hydrogen) atoms. The van der Waals surface area contributed by atoms with Crippen LogP contribution < -0.4 is 5.32 Å². The van der Waals surface area contributed by atoms with Gasteiger partial charge >= 0.3 is 5.97 Å². The Morgan fingerprint density at radius 3 is 2.61 bits per heavy atom. The Bertz CT molecular complexity index is 1180. The summed E-state index contributed by atoms with van der Waals surface area (Å²) in [6.45, 7) is 1.61. The number of hydrogen-bond donors (Lipinski definition) is 3. The maximum absolute atomic E-state index is 14.2. The average molecular weight is 470 g/mol. The zero-order valence-corrected chi connectivity index (χ0v) is 18.4. The summed E-state index contributed by atoms with van der Waals surface area (Å²) in [4.78, 5) is 24.4. The first-order valence-electron chi connectivity index (χ1n) is 10.1. The van der Waals surface area contributed by atoms with Crippen molar-refractivity contribution < 1.29 is 19.1 Å². The third kappa shape index (κ3) is 5.54. The lowest BCUT2D eigenvalue weighted by molar-refractivity contribution is -0.146. The number of halogens is 2. The van der Waals surface area contributed by atoms with Gasteiger partial charge in [-0.25, -0.2) is 4.39 Å². The predicted molar refractivity (Wildman–Crippen MR) is 119 cm³/mol. The summed E-state index contributed by atoms with van der Waals surface area (Å²) in [5.74, 6) is -2.20. The molecule has 1 aromatic heterocycles. The molecule has 0 saturated heterocycles. The maximum atomic E-state index is 14.2. The van der Waals surface area contributed by atoms with Crippen LogP contribution in [0.25, 0.3) is 11.1 Å². The van der Waals surface area contributed by atoms with E-state index in [0.29, 0.717) is 16.1 Å². The number of rotatable bonds is 9. The van der Waals surface area contributed by atoms with E-state index in [9.17, 15) is 24.3 Å². The second-order valence-corrected chi connectivity index (χ2v) is 8.04. The Hall–Kier alpha value is -3.77. The standard InChI is InChI=1S/C23H21ClFN5O3/c1-2-23(13-26,22(32)33)11-17(28-21(31)20-12-27-30-29-20)9-14-3-5-15(6-4-14)18-10-16(24)7-8-19(18)25/h3-8,10,12,17H,2,9,11H2,1H3,(H,28,31)(H,32,33)(H,27,29,30). The van der Waals surface area contributed by atoms with Crippen molar-refractivity contribution in [3.63, 3.8) is 0 Å². The zero-order valence-electron chi connectivity index (χ0n) is 17.7. The van der Waals surface area contributed by atoms with Crippen molar-refractivity contribution in [2.24, 2.45) is 5.41 Å². The molecule has 2 unspecified atom stereocenters. The van der Waals surface area contributed by atoms with E-state index in [1.165, 1.54) is 24.4 Å². The Morgan fingerprint density at radius 1 is 1.30 bits per heavy atom. The second-order valence-electron chi connectivity index (χ2n) is 7.61. The lowest BCUT2D eigenvalue weighted by atomic mass is 9.79. The molecule has 2 atom stereocenters. The summed E-state index contributed by atoms with van der Waals surface area (Å²) in [6.07, 6.45) is 1.46. The first-order chi connectivity index (χ1) is 15.8. The number of carboxylic acid groups (broad SMARTS) is 1. The van der Waals surface area contributed by atoms with E-state index in [1.807, 2.05) is 6.07 Å². The lowest BCUT2D eigenvalue weighted by Gasteiger charge is -2.27. The van der Waals surface area contributed by atoms with Crippen LogP contribution in [-0.2, 0) is 11.2 Å². The highest BCUT2D eigenvalue weighted by atomic mass is 35.5. The van der Waals surface area contributed by atoms with Gasteiger partial charge in [0.2, 0.25) is 0 Å². The Kier molecular flexibility index (Phi) is 7.41. The van der Waals surface area contributed by atoms with Gasteiger partial charge in [0.05, 0.1) is 12.3 Å². The van der Waals surface area contributed by atoms with Gasteiger partial charge < -0.3 is 10.4 Å². The highest BCUT2D eigenvalue weighted by Crippen LogP contribution is 2.30. The quantitative estimate of drug-likeness (QED) is 0.434. The summed E-state index contributed by atoms with van der Waals surface area (Å²) in [5, 5.41) is 32.1. The van der Waals surface area contributed by atoms with Crippen LogP contribution in [0.2, 0.25) is 5.02 Å². The Labute approximate surface area is 194 Å². The molecule has 3 rings (SSSR count). The third-order valence-electron chi connectivity index (χ3n) is 5.48. The molecule has 1 heterocycles. The molecule has 0 radical (unpaired) electrons. The Morgan fingerprint density at radius 2 is 2.03 bits per heavy atom. The fraction of sp³-hybridized carbons (Fsp3) is 0.261. The molecule has 3 N–H and O–H groups in total. The number of nitrogens with one attached hydrogen (secondary N) is 2. The van der Waals surface area contributed by atoms with Crippen molar-refractivity contribution >= 4 is 23.5 Å². The number of carbonyl (C=O) groups excluding carboxylic acids is 1. The number of nitriles is 1. The number of amides is 1. The van der Waals surface area contributed by atoms with Crippen LogP contribution in [-0.4, -0.2) is 38.4 Å². The minimum atomic E-state index is -1.66. The van der Waals surface area contributed by atoms with Gasteiger partial charge in [-0.15, -0.1) is 0 Å². The second kappa shape index (κ2) is 10.2. The molecule has 3 aromatic rings. The summed E-state index contributed by atoms with van der Waals surface area (Å²) in [6, 6.07) is 12.4. The number of hydrogen-bond acceptors (Lipinski definition) is 5. The number of nitrogens with zero attached hydrogens (tertiary/aromatic N) is 3. The fourth-order valence-electron chi connectivity index (χ4n) is 3.54. The van der Waals surface area contributed by atoms with Gasteiger partial charge in [-0.1, -0.05) is 42.8 Å². The highest BCUT2D eigenvalue weighted by molar-refractivity contribution is 6.30. The summed E-state index contributed by atoms with van der Waals surface area (Å²) in [5.41, 5.74) is 0.116. The third-order valence-corrected chi connectivity index (χ3v) is 5.72. The molecule has 0 bridgehead atoms. The molecule has 1 amide bonds. The highest BCUT2D eigenvalue weighted by Gasteiger charge is 2.40. The van der Waals surface area contributed by atoms with Crippen LogP contribution in [0.3, 0.4) is 0 Å². The van der Waals surface area contributed by atoms with Crippen LogP contribution in [0, 0.1) is 22.6 Å². The topological polar surface area (TPSA) is 132 Å². The van der Waals surface area contributed by atoms with Crippen molar-refractivity contribution in [2.45, 2.75) is 32.2 Å². The van der Waals surface area contributed by atoms with Gasteiger partial charge in [0, 0.05) is 16.6 Å². The minimum absolute atomic E-state index is 0.0427. The van der Waals surface area contributed by atoms with Gasteiger partial charge in [-0.05, 0) is 48.6 Å². The first kappa shape index (κ1) is 23.9. The fourth-order valence-corrected chi connectivity index (χ4v) is 3.72. The maximum Gasteiger partial charge on any atom is 0.324 e. The Balaban J connectivity index is 1.86. The molecule has 0 aliphatic carbocycles. The van der Waals surface area contributed by atoms with Crippen LogP contribution in [0.1, 0.15) is 35.8 Å². The lowest BCUT2D eigenvalue weighted by Crippen LogP contribution is -2.43. The molecule has 0 saturated carbocycles. The van der Waals surface area contributed by atoms with E-state index >= 15 is 0 Å². The molecule has 0 spiro atoms. The number of aliphatic carboxylic acids is 1. The number of aromatic amines is 1. The van der Waals surface area contributed by atoms with Gasteiger partial charge in [0.1, 0.15) is 5.82 Å². The van der Waals surface area contributed by atoms with Crippen molar-refractivity contribution in [1.29, 1.82) is 5.26 Å². The van der Waals surface area contributed by atoms with Crippen molar-refractivity contribution in [3.05, 3.63) is 70.8 Å². The predicted octanol–water partition coefficient (Wildman–Crippen LogP) is 4.00. The summed E-state index contributed by atoms with van der Waals surface area (Å²) >= 11 is 5.98. The number of benzene rings is 2. The zero-order chi connectivity index (χ0) is 24.0. The van der Waals surface area contributed by atoms with Gasteiger partial charge in [0.15, 0.2) is 11.1 Å². The van der Waals surface area contributed by atoms with Crippen LogP contribution in [0.5, 0.6) is 0 Å². The number of carboxylic acids is 1. The summed E-state index contributed by atoms with van der Waals surface area (Å²) in [7, 11) is 0. The van der Waals surface area contributed by atoms with E-state index in [2.05, 4.69) is 20.7 Å². The molecule has 0 fully saturated rings. The van der Waals surface area contributed by atoms with Crippen molar-refractivity contribution in [1.82, 2.24) is 20.7 Å². The smallest absolute Gasteiger partial charge is 0.324 e. The molecule has 2 aromatic carbocycles. The van der Waals surface area contributed by atoms with E-state index in [1.54, 1.807) is 31.2 Å². The molecular formula is C23H21ClFN5O3. The van der Waals surface area contributed by atoms with Gasteiger partial charge in [-0.2, -0.15) is 20.7 Å². The number of H-pyrrole nitrogens is 1. The van der Waals surface area contributed by atoms with Crippen LogP contribution in [0.15, 0.2) is 48.7 Å². The van der Waals surface area contributed by atoms with E-state index < -0.39 is 29.2 Å². The minimum Gasteiger partial charge on any atom is -0.480 e. The molecule has 0 aliphatic heterocycles. The van der Waals surface area contributed by atoms with Crippen LogP contribution in [0.4, 0.5) is 4.39 Å². The van der Waals surface area contributed by atoms with Crippen LogP contribution >= 0.6 is 11.6 Å². The van der Waals surface area contributed by atoms with Crippen molar-refractivity contribution in [2.75, 3.05) is 0 Å². The average Bonchev–Trinajstić information content (AvgIpc) is 3.34. The van der Waals surface area contributed by atoms with Crippen molar-refractivity contribution in [3.8, 4) is 17.2 Å². The molecule has 170 valence electrons. The molecular weight excluding hydrogens is 449 g/mol. The van der Waals surface area contributed by atoms with Gasteiger partial charge in [-0.3, -0.25) is 9.59 Å². The number of carbonyl (C=O) groups is 2. The van der Waals surface area contributed by atoms with E-state index in [-0.39, 0.29) is 25.0 Å². The number of aromatic nitrogens is 3. The van der Waals surface area contributed by atoms with Gasteiger partial charge in [0.25, 0.3) is 5.91 Å². The summed E-state index contributed by atoms with van der Waals surface area (Å²) < 4.78 is 14.2. The normalized spacial score (nSPS) is 13.5. The molecule has 8 nitrogen and oxygen atoms in total. The SMILES string of the molecule is CCC(C#N)(CC(Cc1ccc(-c2cc(Cl)ccc2F)cc1)NC(=O)c1cn[nH]n1)C(=O)O. The molecule has 10 heteroatoms. The van der Waals surface area contributed by atoms with E-state index in [0.717, 1.165) is 5.56 Å².